The standard InChI is InChI=1S/C19H18N2O5S/c1-24-14-8-6-13(7-9-14)10-20-17(22)11-25-18(23)12-27-19-21-15-4-2-3-5-16(15)26-19/h2-9H,10-12H2,1H3,(H,20,22). The summed E-state index contributed by atoms with van der Waals surface area (Å²) in [6.45, 7) is 0.0150. The molecule has 0 radical (unpaired) electrons. The number of aromatic nitrogens is 1. The maximum Gasteiger partial charge on any atom is 0.316 e. The first kappa shape index (κ1) is 18.8. The minimum absolute atomic E-state index is 0.0125. The molecule has 0 aliphatic rings. The van der Waals surface area contributed by atoms with E-state index in [1.54, 1.807) is 13.2 Å². The first-order valence-electron chi connectivity index (χ1n) is 8.17. The van der Waals surface area contributed by atoms with E-state index >= 15 is 0 Å². The summed E-state index contributed by atoms with van der Waals surface area (Å²) in [6.07, 6.45) is 0. The van der Waals surface area contributed by atoms with Crippen LogP contribution in [0.3, 0.4) is 0 Å². The van der Waals surface area contributed by atoms with Crippen molar-refractivity contribution in [3.63, 3.8) is 0 Å². The largest absolute Gasteiger partial charge is 0.497 e. The molecule has 140 valence electrons. The number of carbonyl (C=O) groups excluding carboxylic acids is 2. The van der Waals surface area contributed by atoms with E-state index in [1.165, 1.54) is 0 Å². The summed E-state index contributed by atoms with van der Waals surface area (Å²) in [6, 6.07) is 14.7. The molecule has 0 saturated heterocycles. The smallest absolute Gasteiger partial charge is 0.316 e. The molecule has 0 spiro atoms. The maximum absolute atomic E-state index is 11.8. The molecule has 1 aromatic heterocycles. The molecule has 7 nitrogen and oxygen atoms in total. The third-order valence-electron chi connectivity index (χ3n) is 3.60. The number of methoxy groups -OCH3 is 1. The van der Waals surface area contributed by atoms with E-state index in [9.17, 15) is 9.59 Å². The van der Waals surface area contributed by atoms with Gasteiger partial charge in [-0.15, -0.1) is 0 Å². The second kappa shape index (κ2) is 9.09. The van der Waals surface area contributed by atoms with Crippen LogP contribution in [0.1, 0.15) is 5.56 Å². The van der Waals surface area contributed by atoms with Gasteiger partial charge < -0.3 is 19.2 Å². The topological polar surface area (TPSA) is 90.7 Å². The summed E-state index contributed by atoms with van der Waals surface area (Å²) in [4.78, 5) is 27.8. The van der Waals surface area contributed by atoms with Gasteiger partial charge in [0.1, 0.15) is 17.0 Å². The van der Waals surface area contributed by atoms with E-state index < -0.39 is 5.97 Å². The van der Waals surface area contributed by atoms with Crippen LogP contribution in [-0.4, -0.2) is 36.3 Å². The number of esters is 1. The first-order chi connectivity index (χ1) is 13.1. The van der Waals surface area contributed by atoms with Crippen LogP contribution >= 0.6 is 11.8 Å². The number of para-hydroxylation sites is 2. The first-order valence-corrected chi connectivity index (χ1v) is 9.16. The number of benzene rings is 2. The van der Waals surface area contributed by atoms with Crippen LogP contribution in [-0.2, 0) is 20.9 Å². The second-order valence-electron chi connectivity index (χ2n) is 5.52. The summed E-state index contributed by atoms with van der Waals surface area (Å²) < 4.78 is 15.5. The highest BCUT2D eigenvalue weighted by atomic mass is 32.2. The molecule has 1 amide bonds. The Balaban J connectivity index is 1.37. The fourth-order valence-electron chi connectivity index (χ4n) is 2.22. The molecule has 1 N–H and O–H groups in total. The zero-order chi connectivity index (χ0) is 19.1. The molecule has 3 rings (SSSR count). The van der Waals surface area contributed by atoms with Crippen molar-refractivity contribution in [2.75, 3.05) is 19.5 Å². The van der Waals surface area contributed by atoms with E-state index in [4.69, 9.17) is 13.9 Å². The number of oxazole rings is 1. The molecule has 2 aromatic carbocycles. The van der Waals surface area contributed by atoms with Crippen LogP contribution < -0.4 is 10.1 Å². The molecule has 0 aliphatic carbocycles. The van der Waals surface area contributed by atoms with Gasteiger partial charge in [0, 0.05) is 6.54 Å². The fourth-order valence-corrected chi connectivity index (χ4v) is 2.85. The van der Waals surface area contributed by atoms with E-state index in [1.807, 2.05) is 42.5 Å². The van der Waals surface area contributed by atoms with Gasteiger partial charge in [0.15, 0.2) is 12.2 Å². The molecule has 27 heavy (non-hydrogen) atoms. The van der Waals surface area contributed by atoms with Crippen molar-refractivity contribution < 1.29 is 23.5 Å². The fraction of sp³-hybridized carbons (Fsp3) is 0.211. The lowest BCUT2D eigenvalue weighted by Gasteiger charge is -2.07. The highest BCUT2D eigenvalue weighted by molar-refractivity contribution is 7.99. The summed E-state index contributed by atoms with van der Waals surface area (Å²) in [5, 5.41) is 3.07. The van der Waals surface area contributed by atoms with Crippen LogP contribution in [0.2, 0.25) is 0 Å². The number of hydrogen-bond acceptors (Lipinski definition) is 7. The quantitative estimate of drug-likeness (QED) is 0.470. The van der Waals surface area contributed by atoms with Crippen LogP contribution in [0.5, 0.6) is 5.75 Å². The molecule has 0 saturated carbocycles. The number of carbonyl (C=O) groups is 2. The molecule has 3 aromatic rings. The van der Waals surface area contributed by atoms with Gasteiger partial charge in [-0.05, 0) is 29.8 Å². The van der Waals surface area contributed by atoms with Gasteiger partial charge in [-0.25, -0.2) is 4.98 Å². The number of rotatable bonds is 8. The van der Waals surface area contributed by atoms with Crippen molar-refractivity contribution in [1.29, 1.82) is 0 Å². The van der Waals surface area contributed by atoms with Gasteiger partial charge in [0.25, 0.3) is 11.1 Å². The molecular weight excluding hydrogens is 368 g/mol. The van der Waals surface area contributed by atoms with Crippen LogP contribution in [0.25, 0.3) is 11.1 Å². The number of hydrogen-bond donors (Lipinski definition) is 1. The lowest BCUT2D eigenvalue weighted by molar-refractivity contribution is -0.145. The Morgan fingerprint density at radius 2 is 1.93 bits per heavy atom. The van der Waals surface area contributed by atoms with Crippen LogP contribution in [0.15, 0.2) is 58.2 Å². The van der Waals surface area contributed by atoms with Crippen LogP contribution in [0.4, 0.5) is 0 Å². The molecular formula is C19H18N2O5S. The van der Waals surface area contributed by atoms with Gasteiger partial charge in [-0.2, -0.15) is 0 Å². The van der Waals surface area contributed by atoms with E-state index in [-0.39, 0.29) is 18.3 Å². The van der Waals surface area contributed by atoms with E-state index in [0.717, 1.165) is 28.6 Å². The van der Waals surface area contributed by atoms with Crippen molar-refractivity contribution in [3.05, 3.63) is 54.1 Å². The average molecular weight is 386 g/mol. The summed E-state index contributed by atoms with van der Waals surface area (Å²) in [7, 11) is 1.59. The van der Waals surface area contributed by atoms with Gasteiger partial charge >= 0.3 is 5.97 Å². The second-order valence-corrected chi connectivity index (χ2v) is 6.45. The number of ether oxygens (including phenoxy) is 2. The summed E-state index contributed by atoms with van der Waals surface area (Å²) in [5.74, 6) is -0.123. The van der Waals surface area contributed by atoms with Crippen molar-refractivity contribution in [2.24, 2.45) is 0 Å². The van der Waals surface area contributed by atoms with Gasteiger partial charge in [-0.1, -0.05) is 36.0 Å². The zero-order valence-electron chi connectivity index (χ0n) is 14.6. The summed E-state index contributed by atoms with van der Waals surface area (Å²) in [5.41, 5.74) is 2.31. The summed E-state index contributed by atoms with van der Waals surface area (Å²) >= 11 is 1.12. The number of nitrogens with one attached hydrogen (secondary N) is 1. The van der Waals surface area contributed by atoms with Gasteiger partial charge in [-0.3, -0.25) is 9.59 Å². The van der Waals surface area contributed by atoms with E-state index in [2.05, 4.69) is 10.3 Å². The number of thioether (sulfide) groups is 1. The SMILES string of the molecule is COc1ccc(CNC(=O)COC(=O)CSc2nc3ccccc3o2)cc1. The molecule has 0 bridgehead atoms. The molecule has 8 heteroatoms. The monoisotopic (exact) mass is 386 g/mol. The third kappa shape index (κ3) is 5.49. The highest BCUT2D eigenvalue weighted by Crippen LogP contribution is 2.23. The molecule has 1 heterocycles. The molecule has 0 fully saturated rings. The molecule has 0 aliphatic heterocycles. The predicted octanol–water partition coefficient (Wildman–Crippen LogP) is 2.79. The Bertz CT molecular complexity index is 890. The highest BCUT2D eigenvalue weighted by Gasteiger charge is 2.11. The minimum atomic E-state index is -0.512. The lowest BCUT2D eigenvalue weighted by atomic mass is 10.2. The van der Waals surface area contributed by atoms with Crippen molar-refractivity contribution in [1.82, 2.24) is 10.3 Å². The van der Waals surface area contributed by atoms with Gasteiger partial charge in [0.05, 0.1) is 7.11 Å². The lowest BCUT2D eigenvalue weighted by Crippen LogP contribution is -2.28. The molecule has 0 atom stereocenters. The maximum atomic E-state index is 11.8. The third-order valence-corrected chi connectivity index (χ3v) is 4.40. The number of nitrogens with zero attached hydrogens (tertiary/aromatic N) is 1. The van der Waals surface area contributed by atoms with Crippen molar-refractivity contribution in [2.45, 2.75) is 11.8 Å². The Kier molecular flexibility index (Phi) is 6.32. The van der Waals surface area contributed by atoms with Gasteiger partial charge in [0.2, 0.25) is 0 Å². The Morgan fingerprint density at radius 3 is 2.67 bits per heavy atom. The van der Waals surface area contributed by atoms with Crippen molar-refractivity contribution in [3.8, 4) is 5.75 Å². The number of fused-ring (bicyclic) bond motifs is 1. The predicted molar refractivity (Wildman–Crippen MR) is 101 cm³/mol. The van der Waals surface area contributed by atoms with E-state index in [0.29, 0.717) is 17.4 Å². The number of amides is 1. The Hall–Kier alpha value is -3.00. The Labute approximate surface area is 160 Å². The average Bonchev–Trinajstić information content (AvgIpc) is 3.12. The minimum Gasteiger partial charge on any atom is -0.497 e. The normalized spacial score (nSPS) is 10.6. The van der Waals surface area contributed by atoms with Crippen molar-refractivity contribution >= 4 is 34.7 Å². The Morgan fingerprint density at radius 1 is 1.15 bits per heavy atom. The van der Waals surface area contributed by atoms with Crippen LogP contribution in [0, 0.1) is 0 Å². The molecule has 0 unspecified atom stereocenters. The zero-order valence-corrected chi connectivity index (χ0v) is 15.5.